The maximum atomic E-state index is 12.9. The number of carboxylic acid groups (broad SMARTS) is 1. The molecule has 5 rings (SSSR count). The second-order valence-corrected chi connectivity index (χ2v) is 8.32. The molecule has 1 fully saturated rings. The second-order valence-electron chi connectivity index (χ2n) is 8.32. The predicted octanol–water partition coefficient (Wildman–Crippen LogP) is 2.73. The maximum Gasteiger partial charge on any atom is 0.409 e. The standard InChI is InChI=1S/C24H24N4O5/c1-32-22-12-27(10-19(22)21-11-28(26-25-21)13-23(29)30)24(31)33-14-20-17-8-4-2-6-15(17)16-7-3-5-9-18(16)20/h2-9,11,19-20,22H,10,12-14H2,1H3,(H,29,30). The van der Waals surface area contributed by atoms with Gasteiger partial charge in [0.05, 0.1) is 24.3 Å². The molecule has 1 saturated heterocycles. The number of aromatic nitrogens is 3. The Morgan fingerprint density at radius 2 is 1.73 bits per heavy atom. The molecule has 0 saturated carbocycles. The lowest BCUT2D eigenvalue weighted by atomic mass is 9.98. The number of carbonyl (C=O) groups excluding carboxylic acids is 1. The lowest BCUT2D eigenvalue weighted by molar-refractivity contribution is -0.137. The molecular weight excluding hydrogens is 424 g/mol. The van der Waals surface area contributed by atoms with Crippen LogP contribution in [0, 0.1) is 0 Å². The van der Waals surface area contributed by atoms with Gasteiger partial charge in [-0.05, 0) is 22.3 Å². The molecule has 170 valence electrons. The van der Waals surface area contributed by atoms with E-state index in [9.17, 15) is 9.59 Å². The summed E-state index contributed by atoms with van der Waals surface area (Å²) in [7, 11) is 1.58. The maximum absolute atomic E-state index is 12.9. The Morgan fingerprint density at radius 1 is 1.06 bits per heavy atom. The highest BCUT2D eigenvalue weighted by Gasteiger charge is 2.39. The fourth-order valence-corrected chi connectivity index (χ4v) is 4.83. The van der Waals surface area contributed by atoms with Gasteiger partial charge in [-0.15, -0.1) is 5.10 Å². The Bertz CT molecular complexity index is 1150. The molecule has 1 aliphatic heterocycles. The van der Waals surface area contributed by atoms with Crippen molar-refractivity contribution >= 4 is 12.1 Å². The lowest BCUT2D eigenvalue weighted by Crippen LogP contribution is -2.31. The van der Waals surface area contributed by atoms with Crippen molar-refractivity contribution in [3.63, 3.8) is 0 Å². The molecule has 3 aromatic rings. The first kappa shape index (κ1) is 21.1. The van der Waals surface area contributed by atoms with Crippen LogP contribution in [0.25, 0.3) is 11.1 Å². The molecule has 1 amide bonds. The quantitative estimate of drug-likeness (QED) is 0.618. The first-order chi connectivity index (χ1) is 16.0. The van der Waals surface area contributed by atoms with Crippen molar-refractivity contribution in [2.24, 2.45) is 0 Å². The highest BCUT2D eigenvalue weighted by molar-refractivity contribution is 5.79. The topological polar surface area (TPSA) is 107 Å². The van der Waals surface area contributed by atoms with Crippen molar-refractivity contribution in [2.75, 3.05) is 26.8 Å². The van der Waals surface area contributed by atoms with Gasteiger partial charge in [-0.1, -0.05) is 53.7 Å². The number of aliphatic carboxylic acids is 1. The molecule has 1 aromatic heterocycles. The van der Waals surface area contributed by atoms with Gasteiger partial charge in [0.2, 0.25) is 0 Å². The van der Waals surface area contributed by atoms with Crippen molar-refractivity contribution in [1.29, 1.82) is 0 Å². The number of carbonyl (C=O) groups is 2. The Morgan fingerprint density at radius 3 is 2.36 bits per heavy atom. The number of ether oxygens (including phenoxy) is 2. The highest BCUT2D eigenvalue weighted by Crippen LogP contribution is 2.44. The van der Waals surface area contributed by atoms with E-state index in [0.717, 1.165) is 11.1 Å². The van der Waals surface area contributed by atoms with Crippen molar-refractivity contribution in [2.45, 2.75) is 24.5 Å². The summed E-state index contributed by atoms with van der Waals surface area (Å²) in [5.41, 5.74) is 5.28. The van der Waals surface area contributed by atoms with E-state index in [1.807, 2.05) is 24.3 Å². The van der Waals surface area contributed by atoms with Crippen LogP contribution in [0.1, 0.15) is 28.7 Å². The number of carboxylic acids is 1. The molecule has 2 aromatic carbocycles. The lowest BCUT2D eigenvalue weighted by Gasteiger charge is -2.19. The molecule has 2 atom stereocenters. The zero-order chi connectivity index (χ0) is 22.9. The van der Waals surface area contributed by atoms with Crippen LogP contribution < -0.4 is 0 Å². The van der Waals surface area contributed by atoms with Crippen LogP contribution >= 0.6 is 0 Å². The molecule has 0 spiro atoms. The van der Waals surface area contributed by atoms with Crippen molar-refractivity contribution in [3.05, 3.63) is 71.5 Å². The number of hydrogen-bond donors (Lipinski definition) is 1. The number of nitrogens with zero attached hydrogens (tertiary/aromatic N) is 4. The van der Waals surface area contributed by atoms with E-state index in [2.05, 4.69) is 34.6 Å². The van der Waals surface area contributed by atoms with Gasteiger partial charge in [0.25, 0.3) is 0 Å². The average Bonchev–Trinajstić information content (AvgIpc) is 3.53. The number of hydrogen-bond acceptors (Lipinski definition) is 6. The van der Waals surface area contributed by atoms with Crippen molar-refractivity contribution < 1.29 is 24.2 Å². The molecule has 2 heterocycles. The number of fused-ring (bicyclic) bond motifs is 3. The minimum absolute atomic E-state index is 0.00566. The van der Waals surface area contributed by atoms with Crippen LogP contribution in [0.15, 0.2) is 54.7 Å². The number of rotatable bonds is 6. The minimum Gasteiger partial charge on any atom is -0.480 e. The molecule has 9 heteroatoms. The fourth-order valence-electron chi connectivity index (χ4n) is 4.83. The fraction of sp³-hybridized carbons (Fsp3) is 0.333. The van der Waals surface area contributed by atoms with Crippen molar-refractivity contribution in [3.8, 4) is 11.1 Å². The molecule has 2 aliphatic rings. The summed E-state index contributed by atoms with van der Waals surface area (Å²) in [6, 6.07) is 16.4. The van der Waals surface area contributed by atoms with Gasteiger partial charge in [0, 0.05) is 25.8 Å². The Kier molecular flexibility index (Phi) is 5.55. The SMILES string of the molecule is COC1CN(C(=O)OCC2c3ccccc3-c3ccccc32)CC1c1cn(CC(=O)O)nn1. The van der Waals surface area contributed by atoms with E-state index in [1.165, 1.54) is 15.8 Å². The summed E-state index contributed by atoms with van der Waals surface area (Å²) in [5.74, 6) is -1.21. The number of benzene rings is 2. The monoisotopic (exact) mass is 448 g/mol. The molecule has 0 radical (unpaired) electrons. The van der Waals surface area contributed by atoms with Crippen LogP contribution in [0.3, 0.4) is 0 Å². The van der Waals surface area contributed by atoms with Gasteiger partial charge < -0.3 is 19.5 Å². The Hall–Kier alpha value is -3.72. The molecule has 1 N–H and O–H groups in total. The van der Waals surface area contributed by atoms with Crippen LogP contribution in [0.4, 0.5) is 4.79 Å². The smallest absolute Gasteiger partial charge is 0.409 e. The summed E-state index contributed by atoms with van der Waals surface area (Å²) in [5, 5.41) is 16.9. The summed E-state index contributed by atoms with van der Waals surface area (Å²) in [4.78, 5) is 25.5. The summed E-state index contributed by atoms with van der Waals surface area (Å²) in [6.07, 6.45) is 0.909. The highest BCUT2D eigenvalue weighted by atomic mass is 16.6. The van der Waals surface area contributed by atoms with Gasteiger partial charge in [0.1, 0.15) is 13.2 Å². The molecule has 1 aliphatic carbocycles. The van der Waals surface area contributed by atoms with Gasteiger partial charge in [0.15, 0.2) is 0 Å². The number of amides is 1. The summed E-state index contributed by atoms with van der Waals surface area (Å²) in [6.45, 7) is 0.707. The van der Waals surface area contributed by atoms with Gasteiger partial charge >= 0.3 is 12.1 Å². The van der Waals surface area contributed by atoms with Crippen LogP contribution in [0.5, 0.6) is 0 Å². The Balaban J connectivity index is 1.27. The summed E-state index contributed by atoms with van der Waals surface area (Å²) >= 11 is 0. The van der Waals surface area contributed by atoms with E-state index in [4.69, 9.17) is 14.6 Å². The molecule has 9 nitrogen and oxygen atoms in total. The van der Waals surface area contributed by atoms with E-state index in [-0.39, 0.29) is 31.1 Å². The van der Waals surface area contributed by atoms with E-state index in [0.29, 0.717) is 18.8 Å². The Labute approximate surface area is 190 Å². The van der Waals surface area contributed by atoms with E-state index >= 15 is 0 Å². The number of likely N-dealkylation sites (tertiary alicyclic amines) is 1. The largest absolute Gasteiger partial charge is 0.480 e. The van der Waals surface area contributed by atoms with Crippen LogP contribution in [0.2, 0.25) is 0 Å². The third kappa shape index (κ3) is 3.95. The number of methoxy groups -OCH3 is 1. The first-order valence-electron chi connectivity index (χ1n) is 10.8. The van der Waals surface area contributed by atoms with E-state index in [1.54, 1.807) is 18.2 Å². The normalized spacial score (nSPS) is 19.4. The minimum atomic E-state index is -0.999. The first-order valence-corrected chi connectivity index (χ1v) is 10.8. The van der Waals surface area contributed by atoms with Gasteiger partial charge in [-0.3, -0.25) is 4.79 Å². The second kappa shape index (κ2) is 8.67. The molecule has 0 bridgehead atoms. The third-order valence-electron chi connectivity index (χ3n) is 6.40. The summed E-state index contributed by atoms with van der Waals surface area (Å²) < 4.78 is 12.6. The van der Waals surface area contributed by atoms with Gasteiger partial charge in [-0.25, -0.2) is 9.48 Å². The third-order valence-corrected chi connectivity index (χ3v) is 6.40. The van der Waals surface area contributed by atoms with Crippen LogP contribution in [-0.4, -0.2) is 70.0 Å². The molecule has 2 unspecified atom stereocenters. The van der Waals surface area contributed by atoms with Crippen LogP contribution in [-0.2, 0) is 20.8 Å². The predicted molar refractivity (Wildman–Crippen MR) is 118 cm³/mol. The van der Waals surface area contributed by atoms with Crippen molar-refractivity contribution in [1.82, 2.24) is 19.9 Å². The van der Waals surface area contributed by atoms with E-state index < -0.39 is 12.1 Å². The molecule has 33 heavy (non-hydrogen) atoms. The zero-order valence-electron chi connectivity index (χ0n) is 18.1. The van der Waals surface area contributed by atoms with Gasteiger partial charge in [-0.2, -0.15) is 0 Å². The molecular formula is C24H24N4O5. The zero-order valence-corrected chi connectivity index (χ0v) is 18.1. The average molecular weight is 448 g/mol.